The molecule has 0 saturated carbocycles. The Labute approximate surface area is 129 Å². The summed E-state index contributed by atoms with van der Waals surface area (Å²) in [5.74, 6) is 0. The van der Waals surface area contributed by atoms with E-state index in [1.54, 1.807) is 0 Å². The third kappa shape index (κ3) is 4.28. The molecule has 0 spiro atoms. The molecule has 0 aliphatic carbocycles. The van der Waals surface area contributed by atoms with Gasteiger partial charge in [-0.05, 0) is 79.4 Å². The lowest BCUT2D eigenvalue weighted by Gasteiger charge is -2.24. The monoisotopic (exact) mass is 366 g/mol. The van der Waals surface area contributed by atoms with Crippen LogP contribution in [0.2, 0.25) is 0 Å². The van der Waals surface area contributed by atoms with Gasteiger partial charge in [0.25, 0.3) is 0 Å². The first-order valence-corrected chi connectivity index (χ1v) is 7.56. The summed E-state index contributed by atoms with van der Waals surface area (Å²) in [4.78, 5) is 6.68. The van der Waals surface area contributed by atoms with Crippen LogP contribution in [0.4, 0.5) is 0 Å². The summed E-state index contributed by atoms with van der Waals surface area (Å²) >= 11 is 2.34. The zero-order chi connectivity index (χ0) is 13.7. The Bertz CT molecular complexity index is 494. The second-order valence-electron chi connectivity index (χ2n) is 4.89. The maximum atomic E-state index is 4.40. The average molecular weight is 366 g/mol. The highest BCUT2D eigenvalue weighted by Gasteiger charge is 2.14. The molecular formula is C16H19IN2. The second kappa shape index (κ2) is 7.01. The predicted octanol–water partition coefficient (Wildman–Crippen LogP) is 3.92. The summed E-state index contributed by atoms with van der Waals surface area (Å²) in [6, 6.07) is 15.4. The molecule has 0 aliphatic heterocycles. The van der Waals surface area contributed by atoms with Gasteiger partial charge in [-0.25, -0.2) is 0 Å². The van der Waals surface area contributed by atoms with Crippen LogP contribution in [0, 0.1) is 3.57 Å². The van der Waals surface area contributed by atoms with E-state index in [1.807, 2.05) is 12.3 Å². The lowest BCUT2D eigenvalue weighted by molar-refractivity contribution is 0.283. The summed E-state index contributed by atoms with van der Waals surface area (Å²) in [5, 5.41) is 0. The Hall–Kier alpha value is -0.940. The molecule has 2 rings (SSSR count). The van der Waals surface area contributed by atoms with Gasteiger partial charge in [-0.2, -0.15) is 0 Å². The SMILES string of the molecule is CN(C)C(CCc1ccccn1)c1ccc(I)cc1. The van der Waals surface area contributed by atoms with E-state index in [0.717, 1.165) is 12.8 Å². The van der Waals surface area contributed by atoms with Gasteiger partial charge in [-0.1, -0.05) is 18.2 Å². The fraction of sp³-hybridized carbons (Fsp3) is 0.312. The highest BCUT2D eigenvalue weighted by atomic mass is 127. The van der Waals surface area contributed by atoms with E-state index in [1.165, 1.54) is 14.8 Å². The number of aromatic nitrogens is 1. The Morgan fingerprint density at radius 3 is 2.42 bits per heavy atom. The molecule has 3 heteroatoms. The molecule has 2 nitrogen and oxygen atoms in total. The third-order valence-corrected chi connectivity index (χ3v) is 4.00. The Kier molecular flexibility index (Phi) is 5.34. The van der Waals surface area contributed by atoms with Crippen LogP contribution < -0.4 is 0 Å². The molecule has 0 radical (unpaired) electrons. The first kappa shape index (κ1) is 14.5. The second-order valence-corrected chi connectivity index (χ2v) is 6.14. The van der Waals surface area contributed by atoms with Gasteiger partial charge in [-0.15, -0.1) is 0 Å². The molecule has 100 valence electrons. The highest BCUT2D eigenvalue weighted by molar-refractivity contribution is 14.1. The topological polar surface area (TPSA) is 16.1 Å². The maximum absolute atomic E-state index is 4.40. The molecule has 0 bridgehead atoms. The molecule has 1 heterocycles. The molecule has 0 N–H and O–H groups in total. The Morgan fingerprint density at radius 2 is 1.84 bits per heavy atom. The third-order valence-electron chi connectivity index (χ3n) is 3.28. The quantitative estimate of drug-likeness (QED) is 0.746. The summed E-state index contributed by atoms with van der Waals surface area (Å²) in [7, 11) is 4.28. The van der Waals surface area contributed by atoms with Crippen molar-refractivity contribution < 1.29 is 0 Å². The van der Waals surface area contributed by atoms with Gasteiger partial charge in [0.1, 0.15) is 0 Å². The normalized spacial score (nSPS) is 12.6. The van der Waals surface area contributed by atoms with Gasteiger partial charge < -0.3 is 4.90 Å². The van der Waals surface area contributed by atoms with Crippen molar-refractivity contribution in [1.29, 1.82) is 0 Å². The maximum Gasteiger partial charge on any atom is 0.0404 e. The minimum absolute atomic E-state index is 0.444. The van der Waals surface area contributed by atoms with Crippen molar-refractivity contribution in [2.45, 2.75) is 18.9 Å². The fourth-order valence-corrected chi connectivity index (χ4v) is 2.60. The molecule has 0 saturated heterocycles. The Morgan fingerprint density at radius 1 is 1.11 bits per heavy atom. The largest absolute Gasteiger partial charge is 0.302 e. The summed E-state index contributed by atoms with van der Waals surface area (Å²) in [5.41, 5.74) is 2.54. The van der Waals surface area contributed by atoms with Crippen molar-refractivity contribution in [2.24, 2.45) is 0 Å². The standard InChI is InChI=1S/C16H19IN2/c1-19(2)16(13-6-8-14(17)9-7-13)11-10-15-5-3-4-12-18-15/h3-9,12,16H,10-11H2,1-2H3. The van der Waals surface area contributed by atoms with Crippen LogP contribution in [0.15, 0.2) is 48.7 Å². The highest BCUT2D eigenvalue weighted by Crippen LogP contribution is 2.24. The van der Waals surface area contributed by atoms with Crippen molar-refractivity contribution in [2.75, 3.05) is 14.1 Å². The van der Waals surface area contributed by atoms with E-state index in [-0.39, 0.29) is 0 Å². The van der Waals surface area contributed by atoms with Crippen LogP contribution in [0.3, 0.4) is 0 Å². The van der Waals surface area contributed by atoms with Gasteiger partial charge >= 0.3 is 0 Å². The lowest BCUT2D eigenvalue weighted by atomic mass is 10.00. The lowest BCUT2D eigenvalue weighted by Crippen LogP contribution is -2.20. The van der Waals surface area contributed by atoms with E-state index in [9.17, 15) is 0 Å². The number of hydrogen-bond donors (Lipinski definition) is 0. The number of benzene rings is 1. The first-order valence-electron chi connectivity index (χ1n) is 6.48. The first-order chi connectivity index (χ1) is 9.16. The zero-order valence-corrected chi connectivity index (χ0v) is 13.5. The molecule has 19 heavy (non-hydrogen) atoms. The van der Waals surface area contributed by atoms with E-state index >= 15 is 0 Å². The summed E-state index contributed by atoms with van der Waals surface area (Å²) in [6.45, 7) is 0. The van der Waals surface area contributed by atoms with Crippen molar-refractivity contribution in [1.82, 2.24) is 9.88 Å². The predicted molar refractivity (Wildman–Crippen MR) is 88.1 cm³/mol. The number of nitrogens with zero attached hydrogens (tertiary/aromatic N) is 2. The molecule has 1 atom stereocenters. The molecule has 1 aromatic carbocycles. The van der Waals surface area contributed by atoms with Crippen LogP contribution in [0.25, 0.3) is 0 Å². The smallest absolute Gasteiger partial charge is 0.0404 e. The zero-order valence-electron chi connectivity index (χ0n) is 11.4. The van der Waals surface area contributed by atoms with E-state index in [4.69, 9.17) is 0 Å². The minimum atomic E-state index is 0.444. The van der Waals surface area contributed by atoms with Gasteiger partial charge in [-0.3, -0.25) is 4.98 Å². The van der Waals surface area contributed by atoms with Crippen molar-refractivity contribution in [3.63, 3.8) is 0 Å². The molecule has 2 aromatic rings. The number of pyridine rings is 1. The minimum Gasteiger partial charge on any atom is -0.302 e. The van der Waals surface area contributed by atoms with E-state index < -0.39 is 0 Å². The average Bonchev–Trinajstić information content (AvgIpc) is 2.42. The van der Waals surface area contributed by atoms with Crippen LogP contribution in [-0.4, -0.2) is 24.0 Å². The summed E-state index contributed by atoms with van der Waals surface area (Å²) < 4.78 is 1.28. The Balaban J connectivity index is 2.06. The van der Waals surface area contributed by atoms with E-state index in [0.29, 0.717) is 6.04 Å². The van der Waals surface area contributed by atoms with E-state index in [2.05, 4.69) is 83.0 Å². The number of rotatable bonds is 5. The number of halogens is 1. The molecule has 0 fully saturated rings. The van der Waals surface area contributed by atoms with Crippen LogP contribution >= 0.6 is 22.6 Å². The van der Waals surface area contributed by atoms with Gasteiger partial charge in [0, 0.05) is 21.5 Å². The van der Waals surface area contributed by atoms with Crippen molar-refractivity contribution in [3.05, 3.63) is 63.5 Å². The molecule has 0 aliphatic rings. The molecular weight excluding hydrogens is 347 g/mol. The van der Waals surface area contributed by atoms with Crippen LogP contribution in [0.5, 0.6) is 0 Å². The molecule has 1 unspecified atom stereocenters. The molecule has 1 aromatic heterocycles. The van der Waals surface area contributed by atoms with Crippen LogP contribution in [-0.2, 0) is 6.42 Å². The fourth-order valence-electron chi connectivity index (χ4n) is 2.24. The number of hydrogen-bond acceptors (Lipinski definition) is 2. The van der Waals surface area contributed by atoms with Crippen LogP contribution in [0.1, 0.15) is 23.7 Å². The van der Waals surface area contributed by atoms with Crippen molar-refractivity contribution >= 4 is 22.6 Å². The van der Waals surface area contributed by atoms with Gasteiger partial charge in [0.05, 0.1) is 0 Å². The van der Waals surface area contributed by atoms with Gasteiger partial charge in [0.15, 0.2) is 0 Å². The summed E-state index contributed by atoms with van der Waals surface area (Å²) in [6.07, 6.45) is 3.96. The van der Waals surface area contributed by atoms with Gasteiger partial charge in [0.2, 0.25) is 0 Å². The van der Waals surface area contributed by atoms with Crippen molar-refractivity contribution in [3.8, 4) is 0 Å². The number of aryl methyl sites for hydroxylation is 1. The molecule has 0 amide bonds.